The van der Waals surface area contributed by atoms with E-state index in [0.29, 0.717) is 21.7 Å². The van der Waals surface area contributed by atoms with Gasteiger partial charge in [0.05, 0.1) is 23.6 Å². The quantitative estimate of drug-likeness (QED) is 0.469. The maximum absolute atomic E-state index is 6.30. The van der Waals surface area contributed by atoms with Gasteiger partial charge in [0, 0.05) is 21.3 Å². The second-order valence-corrected chi connectivity index (χ2v) is 7.76. The van der Waals surface area contributed by atoms with Crippen LogP contribution in [0.5, 0.6) is 0 Å². The molecule has 0 bridgehead atoms. The minimum Gasteiger partial charge on any atom is -0.332 e. The Morgan fingerprint density at radius 2 is 1.68 bits per heavy atom. The molecule has 0 radical (unpaired) electrons. The molecule has 0 spiro atoms. The van der Waals surface area contributed by atoms with Crippen molar-refractivity contribution in [1.29, 1.82) is 0 Å². The molecule has 28 heavy (non-hydrogen) atoms. The number of thiocarbonyl (C=S) groups is 1. The highest BCUT2D eigenvalue weighted by molar-refractivity contribution is 7.80. The SMILES string of the molecule is CCc1ccc(NC(=S)Nc2c(C)nn(Cc3c(Cl)cccc3Cl)c2C)cc1. The van der Waals surface area contributed by atoms with Crippen molar-refractivity contribution >= 4 is 51.9 Å². The molecule has 0 aliphatic carbocycles. The number of aryl methyl sites for hydroxylation is 2. The van der Waals surface area contributed by atoms with E-state index >= 15 is 0 Å². The fourth-order valence-electron chi connectivity index (χ4n) is 2.96. The van der Waals surface area contributed by atoms with E-state index in [4.69, 9.17) is 35.4 Å². The van der Waals surface area contributed by atoms with Gasteiger partial charge in [0.1, 0.15) is 0 Å². The number of anilines is 2. The first-order chi connectivity index (χ1) is 13.4. The van der Waals surface area contributed by atoms with Gasteiger partial charge in [-0.25, -0.2) is 0 Å². The van der Waals surface area contributed by atoms with Crippen molar-refractivity contribution in [2.75, 3.05) is 10.6 Å². The highest BCUT2D eigenvalue weighted by Gasteiger charge is 2.15. The first-order valence-corrected chi connectivity index (χ1v) is 10.2. The monoisotopic (exact) mass is 432 g/mol. The normalized spacial score (nSPS) is 10.8. The lowest BCUT2D eigenvalue weighted by molar-refractivity contribution is 0.659. The fraction of sp³-hybridized carbons (Fsp3) is 0.238. The van der Waals surface area contributed by atoms with Gasteiger partial charge in [-0.2, -0.15) is 5.10 Å². The summed E-state index contributed by atoms with van der Waals surface area (Å²) in [5.41, 5.74) is 5.77. The number of hydrogen-bond donors (Lipinski definition) is 2. The van der Waals surface area contributed by atoms with Crippen LogP contribution in [0, 0.1) is 13.8 Å². The van der Waals surface area contributed by atoms with E-state index in [1.165, 1.54) is 5.56 Å². The third kappa shape index (κ3) is 4.66. The minimum atomic E-state index is 0.492. The van der Waals surface area contributed by atoms with Crippen LogP contribution in [0.1, 0.15) is 29.4 Å². The smallest absolute Gasteiger partial charge is 0.175 e. The number of nitrogens with zero attached hydrogens (tertiary/aromatic N) is 2. The van der Waals surface area contributed by atoms with Crippen LogP contribution in [0.4, 0.5) is 11.4 Å². The molecule has 1 aromatic heterocycles. The molecule has 0 aliphatic heterocycles. The van der Waals surface area contributed by atoms with Crippen LogP contribution in [-0.4, -0.2) is 14.9 Å². The van der Waals surface area contributed by atoms with Crippen LogP contribution < -0.4 is 10.6 Å². The summed E-state index contributed by atoms with van der Waals surface area (Å²) >= 11 is 18.1. The number of rotatable bonds is 5. The standard InChI is InChI=1S/C21H22Cl2N4S/c1-4-15-8-10-16(11-9-15)24-21(28)25-20-13(2)26-27(14(20)3)12-17-18(22)6-5-7-19(17)23/h5-11H,4,12H2,1-3H3,(H2,24,25,28). The molecular weight excluding hydrogens is 411 g/mol. The van der Waals surface area contributed by atoms with Gasteiger partial charge in [-0.15, -0.1) is 0 Å². The summed E-state index contributed by atoms with van der Waals surface area (Å²) in [4.78, 5) is 0. The van der Waals surface area contributed by atoms with Crippen LogP contribution in [0.15, 0.2) is 42.5 Å². The molecule has 4 nitrogen and oxygen atoms in total. The number of aromatic nitrogens is 2. The Morgan fingerprint density at radius 1 is 1.04 bits per heavy atom. The van der Waals surface area contributed by atoms with Gasteiger partial charge in [-0.3, -0.25) is 4.68 Å². The van der Waals surface area contributed by atoms with E-state index in [-0.39, 0.29) is 0 Å². The van der Waals surface area contributed by atoms with Crippen molar-refractivity contribution in [3.05, 3.63) is 75.0 Å². The maximum atomic E-state index is 6.30. The van der Waals surface area contributed by atoms with Gasteiger partial charge < -0.3 is 10.6 Å². The molecule has 3 aromatic rings. The first kappa shape index (κ1) is 20.6. The summed E-state index contributed by atoms with van der Waals surface area (Å²) in [5.74, 6) is 0. The van der Waals surface area contributed by atoms with Gasteiger partial charge in [0.2, 0.25) is 0 Å². The zero-order valence-electron chi connectivity index (χ0n) is 16.0. The summed E-state index contributed by atoms with van der Waals surface area (Å²) in [6.45, 7) is 6.56. The van der Waals surface area contributed by atoms with Crippen LogP contribution in [0.3, 0.4) is 0 Å². The molecule has 0 atom stereocenters. The van der Waals surface area contributed by atoms with Gasteiger partial charge in [0.15, 0.2) is 5.11 Å². The van der Waals surface area contributed by atoms with Gasteiger partial charge >= 0.3 is 0 Å². The molecule has 2 N–H and O–H groups in total. The summed E-state index contributed by atoms with van der Waals surface area (Å²) in [6, 6.07) is 13.7. The summed E-state index contributed by atoms with van der Waals surface area (Å²) in [7, 11) is 0. The first-order valence-electron chi connectivity index (χ1n) is 9.03. The molecule has 0 amide bonds. The molecule has 0 fully saturated rings. The number of halogens is 2. The van der Waals surface area contributed by atoms with E-state index in [1.807, 2.05) is 48.9 Å². The molecule has 0 aliphatic rings. The predicted molar refractivity (Wildman–Crippen MR) is 123 cm³/mol. The number of nitrogens with one attached hydrogen (secondary N) is 2. The second kappa shape index (κ2) is 8.95. The molecule has 2 aromatic carbocycles. The van der Waals surface area contributed by atoms with Gasteiger partial charge in [-0.05, 0) is 62.3 Å². The Morgan fingerprint density at radius 3 is 2.29 bits per heavy atom. The molecular formula is C21H22Cl2N4S. The summed E-state index contributed by atoms with van der Waals surface area (Å²) in [6.07, 6.45) is 1.01. The van der Waals surface area contributed by atoms with E-state index in [1.54, 1.807) is 0 Å². The van der Waals surface area contributed by atoms with E-state index in [9.17, 15) is 0 Å². The van der Waals surface area contributed by atoms with Crippen molar-refractivity contribution in [3.63, 3.8) is 0 Å². The van der Waals surface area contributed by atoms with Crippen LogP contribution in [0.2, 0.25) is 10.0 Å². The van der Waals surface area contributed by atoms with Crippen LogP contribution in [0.25, 0.3) is 0 Å². The third-order valence-electron chi connectivity index (χ3n) is 4.61. The lowest BCUT2D eigenvalue weighted by Crippen LogP contribution is -2.20. The minimum absolute atomic E-state index is 0.492. The zero-order chi connectivity index (χ0) is 20.3. The van der Waals surface area contributed by atoms with Crippen molar-refractivity contribution in [3.8, 4) is 0 Å². The fourth-order valence-corrected chi connectivity index (χ4v) is 3.70. The van der Waals surface area contributed by atoms with E-state index in [0.717, 1.165) is 34.7 Å². The average molecular weight is 433 g/mol. The van der Waals surface area contributed by atoms with E-state index < -0.39 is 0 Å². The Bertz CT molecular complexity index is 976. The molecule has 146 valence electrons. The van der Waals surface area contributed by atoms with Crippen molar-refractivity contribution < 1.29 is 0 Å². The van der Waals surface area contributed by atoms with E-state index in [2.05, 4.69) is 34.8 Å². The Hall–Kier alpha value is -2.08. The van der Waals surface area contributed by atoms with Crippen LogP contribution >= 0.6 is 35.4 Å². The lowest BCUT2D eigenvalue weighted by atomic mass is 10.1. The molecule has 0 saturated heterocycles. The molecule has 7 heteroatoms. The number of benzene rings is 2. The van der Waals surface area contributed by atoms with Crippen molar-refractivity contribution in [1.82, 2.24) is 9.78 Å². The number of hydrogen-bond acceptors (Lipinski definition) is 2. The zero-order valence-corrected chi connectivity index (χ0v) is 18.3. The summed E-state index contributed by atoms with van der Waals surface area (Å²) in [5, 5.41) is 12.9. The largest absolute Gasteiger partial charge is 0.332 e. The van der Waals surface area contributed by atoms with Gasteiger partial charge in [0.25, 0.3) is 0 Å². The second-order valence-electron chi connectivity index (χ2n) is 6.53. The molecule has 1 heterocycles. The lowest BCUT2D eigenvalue weighted by Gasteiger charge is -2.12. The summed E-state index contributed by atoms with van der Waals surface area (Å²) < 4.78 is 1.88. The van der Waals surface area contributed by atoms with Crippen molar-refractivity contribution in [2.45, 2.75) is 33.7 Å². The topological polar surface area (TPSA) is 41.9 Å². The molecule has 0 unspecified atom stereocenters. The Balaban J connectivity index is 1.75. The van der Waals surface area contributed by atoms with Crippen LogP contribution in [-0.2, 0) is 13.0 Å². The average Bonchev–Trinajstić information content (AvgIpc) is 2.93. The third-order valence-corrected chi connectivity index (χ3v) is 5.52. The maximum Gasteiger partial charge on any atom is 0.175 e. The molecule has 3 rings (SSSR count). The van der Waals surface area contributed by atoms with Crippen molar-refractivity contribution in [2.24, 2.45) is 0 Å². The Labute approximate surface area is 180 Å². The predicted octanol–water partition coefficient (Wildman–Crippen LogP) is 6.23. The highest BCUT2D eigenvalue weighted by atomic mass is 35.5. The van der Waals surface area contributed by atoms with Gasteiger partial charge in [-0.1, -0.05) is 48.3 Å². The molecule has 0 saturated carbocycles. The Kier molecular flexibility index (Phi) is 6.60. The highest BCUT2D eigenvalue weighted by Crippen LogP contribution is 2.27.